The van der Waals surface area contributed by atoms with Crippen LogP contribution in [-0.2, 0) is 17.8 Å². The van der Waals surface area contributed by atoms with E-state index in [0.717, 1.165) is 5.56 Å². The van der Waals surface area contributed by atoms with Crippen molar-refractivity contribution in [3.63, 3.8) is 0 Å². The van der Waals surface area contributed by atoms with Gasteiger partial charge in [-0.3, -0.25) is 4.79 Å². The molecule has 0 saturated heterocycles. The van der Waals surface area contributed by atoms with Crippen molar-refractivity contribution in [2.75, 3.05) is 6.54 Å². The first-order valence-electron chi connectivity index (χ1n) is 8.39. The van der Waals surface area contributed by atoms with Crippen LogP contribution in [0.4, 0.5) is 0 Å². The lowest BCUT2D eigenvalue weighted by Gasteiger charge is -2.30. The van der Waals surface area contributed by atoms with Gasteiger partial charge in [-0.25, -0.2) is 4.79 Å². The third kappa shape index (κ3) is 5.75. The highest BCUT2D eigenvalue weighted by atomic mass is 16.4. The smallest absolute Gasteiger partial charge is 0.335 e. The topological polar surface area (TPSA) is 57.6 Å². The Morgan fingerprint density at radius 2 is 1.56 bits per heavy atom. The van der Waals surface area contributed by atoms with Gasteiger partial charge in [0.25, 0.3) is 0 Å². The lowest BCUT2D eigenvalue weighted by Crippen LogP contribution is -2.38. The lowest BCUT2D eigenvalue weighted by atomic mass is 9.95. The standard InChI is InChI=1S/C21H25NO3/c1-21(2,3)15-22(14-16-9-5-4-6-10-16)19(23)13-17-11-7-8-12-18(17)20(24)25/h4-12H,13-15H2,1-3H3,(H,24,25). The van der Waals surface area contributed by atoms with E-state index in [9.17, 15) is 14.7 Å². The van der Waals surface area contributed by atoms with E-state index in [1.165, 1.54) is 6.07 Å². The fourth-order valence-electron chi connectivity index (χ4n) is 2.77. The van der Waals surface area contributed by atoms with E-state index in [4.69, 9.17) is 0 Å². The van der Waals surface area contributed by atoms with Gasteiger partial charge in [0, 0.05) is 13.1 Å². The molecule has 0 unspecified atom stereocenters. The number of aromatic carboxylic acids is 1. The maximum atomic E-state index is 12.9. The summed E-state index contributed by atoms with van der Waals surface area (Å²) in [6.45, 7) is 7.39. The number of carboxylic acid groups (broad SMARTS) is 1. The van der Waals surface area contributed by atoms with Crippen LogP contribution in [0, 0.1) is 5.41 Å². The molecule has 25 heavy (non-hydrogen) atoms. The predicted molar refractivity (Wildman–Crippen MR) is 98.4 cm³/mol. The molecule has 0 aliphatic heterocycles. The molecule has 0 aromatic heterocycles. The molecule has 1 N–H and O–H groups in total. The number of carbonyl (C=O) groups excluding carboxylic acids is 1. The van der Waals surface area contributed by atoms with Crippen molar-refractivity contribution in [2.24, 2.45) is 5.41 Å². The van der Waals surface area contributed by atoms with E-state index in [2.05, 4.69) is 20.8 Å². The van der Waals surface area contributed by atoms with Crippen LogP contribution in [0.3, 0.4) is 0 Å². The number of hydrogen-bond acceptors (Lipinski definition) is 2. The van der Waals surface area contributed by atoms with Gasteiger partial charge in [-0.15, -0.1) is 0 Å². The number of rotatable bonds is 6. The van der Waals surface area contributed by atoms with Gasteiger partial charge >= 0.3 is 5.97 Å². The average molecular weight is 339 g/mol. The second kappa shape index (κ2) is 7.97. The summed E-state index contributed by atoms with van der Waals surface area (Å²) in [6.07, 6.45) is 0.0887. The summed E-state index contributed by atoms with van der Waals surface area (Å²) in [4.78, 5) is 26.1. The summed E-state index contributed by atoms with van der Waals surface area (Å²) in [5, 5.41) is 9.31. The van der Waals surface area contributed by atoms with Gasteiger partial charge in [0.15, 0.2) is 0 Å². The average Bonchev–Trinajstić information content (AvgIpc) is 2.54. The minimum absolute atomic E-state index is 0.0449. The zero-order chi connectivity index (χ0) is 18.4. The normalized spacial score (nSPS) is 11.2. The van der Waals surface area contributed by atoms with Crippen molar-refractivity contribution >= 4 is 11.9 Å². The summed E-state index contributed by atoms with van der Waals surface area (Å²) in [7, 11) is 0. The molecule has 4 heteroatoms. The maximum absolute atomic E-state index is 12.9. The van der Waals surface area contributed by atoms with E-state index in [1.807, 2.05) is 35.2 Å². The number of nitrogens with zero attached hydrogens (tertiary/aromatic N) is 1. The molecule has 0 heterocycles. The molecule has 2 aromatic carbocycles. The molecule has 0 fully saturated rings. The number of carbonyl (C=O) groups is 2. The van der Waals surface area contributed by atoms with Gasteiger partial charge < -0.3 is 10.0 Å². The van der Waals surface area contributed by atoms with Gasteiger partial charge in [-0.1, -0.05) is 69.3 Å². The second-order valence-corrected chi connectivity index (χ2v) is 7.44. The molecular weight excluding hydrogens is 314 g/mol. The number of hydrogen-bond donors (Lipinski definition) is 1. The quantitative estimate of drug-likeness (QED) is 0.865. The molecule has 0 saturated carbocycles. The summed E-state index contributed by atoms with van der Waals surface area (Å²) >= 11 is 0. The molecule has 0 aliphatic rings. The third-order valence-electron chi connectivity index (χ3n) is 3.82. The van der Waals surface area contributed by atoms with E-state index in [1.54, 1.807) is 18.2 Å². The van der Waals surface area contributed by atoms with E-state index >= 15 is 0 Å². The van der Waals surface area contributed by atoms with Crippen LogP contribution in [0.25, 0.3) is 0 Å². The van der Waals surface area contributed by atoms with Crippen molar-refractivity contribution in [3.05, 3.63) is 71.3 Å². The predicted octanol–water partition coefficient (Wildman–Crippen LogP) is 4.00. The summed E-state index contributed by atoms with van der Waals surface area (Å²) in [5.41, 5.74) is 1.75. The highest BCUT2D eigenvalue weighted by molar-refractivity contribution is 5.91. The van der Waals surface area contributed by atoms with Crippen molar-refractivity contribution in [3.8, 4) is 0 Å². The highest BCUT2D eigenvalue weighted by Gasteiger charge is 2.22. The Morgan fingerprint density at radius 3 is 2.16 bits per heavy atom. The third-order valence-corrected chi connectivity index (χ3v) is 3.82. The second-order valence-electron chi connectivity index (χ2n) is 7.44. The maximum Gasteiger partial charge on any atom is 0.335 e. The SMILES string of the molecule is CC(C)(C)CN(Cc1ccccc1)C(=O)Cc1ccccc1C(=O)O. The van der Waals surface area contributed by atoms with Crippen LogP contribution < -0.4 is 0 Å². The molecule has 0 radical (unpaired) electrons. The van der Waals surface area contributed by atoms with Crippen LogP contribution in [0.5, 0.6) is 0 Å². The van der Waals surface area contributed by atoms with Gasteiger partial charge in [0.05, 0.1) is 12.0 Å². The van der Waals surface area contributed by atoms with Gasteiger partial charge in [0.1, 0.15) is 0 Å². The molecule has 132 valence electrons. The van der Waals surface area contributed by atoms with Crippen molar-refractivity contribution < 1.29 is 14.7 Å². The molecule has 2 aromatic rings. The van der Waals surface area contributed by atoms with Crippen molar-refractivity contribution in [1.82, 2.24) is 4.90 Å². The van der Waals surface area contributed by atoms with E-state index < -0.39 is 5.97 Å². The zero-order valence-corrected chi connectivity index (χ0v) is 15.0. The minimum atomic E-state index is -1.01. The lowest BCUT2D eigenvalue weighted by molar-refractivity contribution is -0.132. The van der Waals surface area contributed by atoms with Gasteiger partial charge in [-0.2, -0.15) is 0 Å². The first-order valence-corrected chi connectivity index (χ1v) is 8.39. The Kier molecular flexibility index (Phi) is 5.97. The Hall–Kier alpha value is -2.62. The van der Waals surface area contributed by atoms with Crippen molar-refractivity contribution in [1.29, 1.82) is 0 Å². The summed E-state index contributed by atoms with van der Waals surface area (Å²) < 4.78 is 0. The summed E-state index contributed by atoms with van der Waals surface area (Å²) in [5.74, 6) is -1.07. The van der Waals surface area contributed by atoms with Crippen LogP contribution >= 0.6 is 0 Å². The molecule has 0 spiro atoms. The van der Waals surface area contributed by atoms with Crippen molar-refractivity contribution in [2.45, 2.75) is 33.7 Å². The van der Waals surface area contributed by atoms with Crippen LogP contribution in [0.15, 0.2) is 54.6 Å². The fourth-order valence-corrected chi connectivity index (χ4v) is 2.77. The summed E-state index contributed by atoms with van der Waals surface area (Å²) in [6, 6.07) is 16.5. The first kappa shape index (κ1) is 18.7. The van der Waals surface area contributed by atoms with Gasteiger partial charge in [-0.05, 0) is 22.6 Å². The van der Waals surface area contributed by atoms with Crippen LogP contribution in [-0.4, -0.2) is 28.4 Å². The Bertz CT molecular complexity index is 732. The molecule has 4 nitrogen and oxygen atoms in total. The number of amides is 1. The van der Waals surface area contributed by atoms with Gasteiger partial charge in [0.2, 0.25) is 5.91 Å². The molecule has 0 bridgehead atoms. The van der Waals surface area contributed by atoms with E-state index in [-0.39, 0.29) is 23.3 Å². The zero-order valence-electron chi connectivity index (χ0n) is 15.0. The number of benzene rings is 2. The Balaban J connectivity index is 2.22. The minimum Gasteiger partial charge on any atom is -0.478 e. The molecule has 0 aliphatic carbocycles. The number of carboxylic acids is 1. The Morgan fingerprint density at radius 1 is 0.960 bits per heavy atom. The molecular formula is C21H25NO3. The fraction of sp³-hybridized carbons (Fsp3) is 0.333. The monoisotopic (exact) mass is 339 g/mol. The van der Waals surface area contributed by atoms with Crippen LogP contribution in [0.2, 0.25) is 0 Å². The largest absolute Gasteiger partial charge is 0.478 e. The van der Waals surface area contributed by atoms with E-state index in [0.29, 0.717) is 18.7 Å². The van der Waals surface area contributed by atoms with Crippen LogP contribution in [0.1, 0.15) is 42.3 Å². The Labute approximate surface area is 149 Å². The molecule has 0 atom stereocenters. The molecule has 1 amide bonds. The highest BCUT2D eigenvalue weighted by Crippen LogP contribution is 2.19. The first-order chi connectivity index (χ1) is 11.8. The molecule has 2 rings (SSSR count).